The highest BCUT2D eigenvalue weighted by molar-refractivity contribution is 5.71. The maximum absolute atomic E-state index is 12.7. The van der Waals surface area contributed by atoms with E-state index in [1.165, 1.54) is 141 Å². The van der Waals surface area contributed by atoms with E-state index in [0.717, 1.165) is 75.5 Å². The molecule has 1 unspecified atom stereocenters. The van der Waals surface area contributed by atoms with Crippen LogP contribution in [0.3, 0.4) is 0 Å². The summed E-state index contributed by atoms with van der Waals surface area (Å²) >= 11 is 0. The van der Waals surface area contributed by atoms with Gasteiger partial charge in [-0.3, -0.25) is 14.4 Å². The zero-order valence-corrected chi connectivity index (χ0v) is 37.7. The predicted octanol–water partition coefficient (Wildman–Crippen LogP) is 15.2. The first-order valence-corrected chi connectivity index (χ1v) is 24.1. The van der Waals surface area contributed by atoms with Gasteiger partial charge in [-0.2, -0.15) is 0 Å². The predicted molar refractivity (Wildman–Crippen MR) is 233 cm³/mol. The second-order valence-corrected chi connectivity index (χ2v) is 17.9. The van der Waals surface area contributed by atoms with E-state index in [-0.39, 0.29) is 31.1 Å². The lowest BCUT2D eigenvalue weighted by Crippen LogP contribution is -2.30. The molecule has 0 aliphatic carbocycles. The van der Waals surface area contributed by atoms with Crippen molar-refractivity contribution >= 4 is 17.9 Å². The molecule has 6 heteroatoms. The normalized spacial score (nSPS) is 12.7. The van der Waals surface area contributed by atoms with Crippen molar-refractivity contribution in [3.63, 3.8) is 0 Å². The summed E-state index contributed by atoms with van der Waals surface area (Å²) < 4.78 is 16.7. The van der Waals surface area contributed by atoms with Gasteiger partial charge in [0.15, 0.2) is 6.10 Å². The van der Waals surface area contributed by atoms with E-state index >= 15 is 0 Å². The van der Waals surface area contributed by atoms with Gasteiger partial charge in [-0.1, -0.05) is 221 Å². The Kier molecular flexibility index (Phi) is 39.4. The van der Waals surface area contributed by atoms with Crippen molar-refractivity contribution in [2.24, 2.45) is 17.8 Å². The molecule has 0 aliphatic rings. The number of rotatable bonds is 42. The maximum atomic E-state index is 12.7. The van der Waals surface area contributed by atoms with Gasteiger partial charge in [0.1, 0.15) is 13.2 Å². The highest BCUT2D eigenvalue weighted by Crippen LogP contribution is 2.17. The summed E-state index contributed by atoms with van der Waals surface area (Å²) in [6.45, 7) is 13.7. The lowest BCUT2D eigenvalue weighted by molar-refractivity contribution is -0.167. The first-order chi connectivity index (χ1) is 26.6. The molecule has 0 aromatic heterocycles. The van der Waals surface area contributed by atoms with Crippen molar-refractivity contribution in [2.45, 2.75) is 266 Å². The fourth-order valence-electron chi connectivity index (χ4n) is 7.20. The van der Waals surface area contributed by atoms with Gasteiger partial charge in [0.25, 0.3) is 0 Å². The molecule has 0 N–H and O–H groups in total. The third-order valence-corrected chi connectivity index (χ3v) is 11.3. The Morgan fingerprint density at radius 3 is 0.945 bits per heavy atom. The first kappa shape index (κ1) is 53.4. The summed E-state index contributed by atoms with van der Waals surface area (Å²) in [5.74, 6) is 1.59. The standard InChI is InChI=1S/C49H94O6/c1-7-45(6)37-31-25-21-22-27-33-39-48(51)54-42-46(55-49(52)40-34-28-20-16-12-14-18-24-30-36-44(4)5)41-53-47(50)38-32-26-19-15-11-9-8-10-13-17-23-29-35-43(2)3/h43-46H,7-42H2,1-6H3/t45?,46-/m1/s1. The lowest BCUT2D eigenvalue weighted by atomic mass is 10.00. The van der Waals surface area contributed by atoms with E-state index in [0.29, 0.717) is 19.3 Å². The van der Waals surface area contributed by atoms with E-state index in [1.807, 2.05) is 0 Å². The fourth-order valence-corrected chi connectivity index (χ4v) is 7.20. The zero-order chi connectivity index (χ0) is 40.6. The Morgan fingerprint density at radius 2 is 0.636 bits per heavy atom. The number of esters is 3. The van der Waals surface area contributed by atoms with Gasteiger partial charge in [-0.15, -0.1) is 0 Å². The van der Waals surface area contributed by atoms with Crippen LogP contribution in [0.2, 0.25) is 0 Å². The average molecular weight is 779 g/mol. The molecule has 326 valence electrons. The van der Waals surface area contributed by atoms with Gasteiger partial charge >= 0.3 is 17.9 Å². The van der Waals surface area contributed by atoms with Crippen molar-refractivity contribution in [1.29, 1.82) is 0 Å². The fraction of sp³-hybridized carbons (Fsp3) is 0.939. The molecule has 0 spiro atoms. The molecule has 0 aromatic carbocycles. The minimum Gasteiger partial charge on any atom is -0.462 e. The van der Waals surface area contributed by atoms with Crippen LogP contribution in [-0.4, -0.2) is 37.2 Å². The Balaban J connectivity index is 4.32. The van der Waals surface area contributed by atoms with E-state index in [9.17, 15) is 14.4 Å². The molecule has 0 aliphatic heterocycles. The van der Waals surface area contributed by atoms with Crippen LogP contribution >= 0.6 is 0 Å². The third kappa shape index (κ3) is 41.9. The lowest BCUT2D eigenvalue weighted by Gasteiger charge is -2.18. The van der Waals surface area contributed by atoms with Crippen LogP contribution in [0.25, 0.3) is 0 Å². The van der Waals surface area contributed by atoms with Crippen molar-refractivity contribution in [1.82, 2.24) is 0 Å². The number of hydrogen-bond acceptors (Lipinski definition) is 6. The molecule has 0 saturated heterocycles. The van der Waals surface area contributed by atoms with Crippen LogP contribution < -0.4 is 0 Å². The molecule has 6 nitrogen and oxygen atoms in total. The van der Waals surface area contributed by atoms with Crippen LogP contribution in [0.15, 0.2) is 0 Å². The SMILES string of the molecule is CCC(C)CCCCCCCCC(=O)OC[C@@H](COC(=O)CCCCCCCCCCCCCCC(C)C)OC(=O)CCCCCCCCCCCC(C)C. The summed E-state index contributed by atoms with van der Waals surface area (Å²) in [5.41, 5.74) is 0. The molecule has 0 radical (unpaired) electrons. The minimum atomic E-state index is -0.762. The highest BCUT2D eigenvalue weighted by atomic mass is 16.6. The molecule has 0 amide bonds. The molecule has 0 heterocycles. The van der Waals surface area contributed by atoms with E-state index in [4.69, 9.17) is 14.2 Å². The van der Waals surface area contributed by atoms with Gasteiger partial charge < -0.3 is 14.2 Å². The molecule has 55 heavy (non-hydrogen) atoms. The van der Waals surface area contributed by atoms with Crippen molar-refractivity contribution < 1.29 is 28.6 Å². The number of hydrogen-bond donors (Lipinski definition) is 0. The van der Waals surface area contributed by atoms with Crippen LogP contribution in [0.1, 0.15) is 260 Å². The zero-order valence-electron chi connectivity index (χ0n) is 37.7. The second kappa shape index (κ2) is 40.6. The van der Waals surface area contributed by atoms with E-state index < -0.39 is 6.10 Å². The molecule has 0 bridgehead atoms. The van der Waals surface area contributed by atoms with Gasteiger partial charge in [0.2, 0.25) is 0 Å². The molecule has 0 saturated carbocycles. The first-order valence-electron chi connectivity index (χ1n) is 24.1. The largest absolute Gasteiger partial charge is 0.462 e. The number of ether oxygens (including phenoxy) is 3. The molecular formula is C49H94O6. The Morgan fingerprint density at radius 1 is 0.364 bits per heavy atom. The molecule has 2 atom stereocenters. The average Bonchev–Trinajstić information content (AvgIpc) is 3.15. The smallest absolute Gasteiger partial charge is 0.306 e. The van der Waals surface area contributed by atoms with E-state index in [1.54, 1.807) is 0 Å². The summed E-state index contributed by atoms with van der Waals surface area (Å²) in [7, 11) is 0. The molecule has 0 fully saturated rings. The van der Waals surface area contributed by atoms with Gasteiger partial charge in [0, 0.05) is 19.3 Å². The summed E-state index contributed by atoms with van der Waals surface area (Å²) in [4.78, 5) is 37.8. The van der Waals surface area contributed by atoms with Gasteiger partial charge in [0.05, 0.1) is 0 Å². The molecule has 0 rings (SSSR count). The number of carbonyl (C=O) groups excluding carboxylic acids is 3. The van der Waals surface area contributed by atoms with Crippen molar-refractivity contribution in [3.8, 4) is 0 Å². The second-order valence-electron chi connectivity index (χ2n) is 17.9. The minimum absolute atomic E-state index is 0.0661. The quantitative estimate of drug-likeness (QED) is 0.0349. The number of carbonyl (C=O) groups is 3. The van der Waals surface area contributed by atoms with E-state index in [2.05, 4.69) is 41.5 Å². The van der Waals surface area contributed by atoms with Crippen LogP contribution in [-0.2, 0) is 28.6 Å². The topological polar surface area (TPSA) is 78.9 Å². The van der Waals surface area contributed by atoms with Crippen LogP contribution in [0.5, 0.6) is 0 Å². The highest BCUT2D eigenvalue weighted by Gasteiger charge is 2.19. The maximum Gasteiger partial charge on any atom is 0.306 e. The van der Waals surface area contributed by atoms with Gasteiger partial charge in [-0.25, -0.2) is 0 Å². The summed E-state index contributed by atoms with van der Waals surface area (Å²) in [6, 6.07) is 0. The Bertz CT molecular complexity index is 854. The summed E-state index contributed by atoms with van der Waals surface area (Å²) in [5, 5.41) is 0. The Labute approximate surface area is 342 Å². The number of unbranched alkanes of at least 4 members (excludes halogenated alkanes) is 24. The molecular weight excluding hydrogens is 685 g/mol. The third-order valence-electron chi connectivity index (χ3n) is 11.3. The molecule has 0 aromatic rings. The van der Waals surface area contributed by atoms with Gasteiger partial charge in [-0.05, 0) is 37.0 Å². The van der Waals surface area contributed by atoms with Crippen molar-refractivity contribution in [3.05, 3.63) is 0 Å². The monoisotopic (exact) mass is 779 g/mol. The van der Waals surface area contributed by atoms with Crippen LogP contribution in [0, 0.1) is 17.8 Å². The summed E-state index contributed by atoms with van der Waals surface area (Å²) in [6.07, 6.45) is 38.1. The van der Waals surface area contributed by atoms with Crippen LogP contribution in [0.4, 0.5) is 0 Å². The Hall–Kier alpha value is -1.59. The van der Waals surface area contributed by atoms with Crippen molar-refractivity contribution in [2.75, 3.05) is 13.2 Å².